The van der Waals surface area contributed by atoms with Crippen molar-refractivity contribution < 1.29 is 4.52 Å². The van der Waals surface area contributed by atoms with Gasteiger partial charge in [-0.2, -0.15) is 0 Å². The molecule has 2 aliphatic carbocycles. The normalized spacial score (nSPS) is 37.2. The Morgan fingerprint density at radius 1 is 1.00 bits per heavy atom. The molecule has 0 radical (unpaired) electrons. The fraction of sp³-hybridized carbons (Fsp3) is 0.125. The summed E-state index contributed by atoms with van der Waals surface area (Å²) in [6, 6.07) is 8.49. The van der Waals surface area contributed by atoms with Crippen molar-refractivity contribution in [3.05, 3.63) is 78.1 Å². The van der Waals surface area contributed by atoms with Gasteiger partial charge >= 0.3 is 0 Å². The van der Waals surface area contributed by atoms with Crippen molar-refractivity contribution in [1.82, 2.24) is 0 Å². The molecule has 3 aliphatic rings. The molecule has 3 atom stereocenters. The Bertz CT molecular complexity index is 660. The minimum absolute atomic E-state index is 0.210. The maximum absolute atomic E-state index is 6.57. The lowest BCUT2D eigenvalue weighted by molar-refractivity contribution is 0.450. The van der Waals surface area contributed by atoms with E-state index >= 15 is 0 Å². The maximum Gasteiger partial charge on any atom is 0.197 e. The highest BCUT2D eigenvalue weighted by Gasteiger charge is 2.57. The van der Waals surface area contributed by atoms with E-state index in [0.717, 1.165) is 0 Å². The van der Waals surface area contributed by atoms with Gasteiger partial charge in [-0.3, -0.25) is 0 Å². The van der Waals surface area contributed by atoms with E-state index in [1.165, 1.54) is 11.1 Å². The van der Waals surface area contributed by atoms with Crippen LogP contribution < -0.4 is 0 Å². The lowest BCUT2D eigenvalue weighted by Crippen LogP contribution is -2.48. The number of fused-ring (bicyclic) bond motifs is 1. The summed E-state index contributed by atoms with van der Waals surface area (Å²) >= 11 is 6.57. The number of rotatable bonds is 0. The van der Waals surface area contributed by atoms with Crippen molar-refractivity contribution in [2.24, 2.45) is 0 Å². The van der Waals surface area contributed by atoms with E-state index in [2.05, 4.69) is 66.8 Å². The van der Waals surface area contributed by atoms with E-state index in [4.69, 9.17) is 15.8 Å². The average Bonchev–Trinajstić information content (AvgIpc) is 2.47. The van der Waals surface area contributed by atoms with E-state index in [1.54, 1.807) is 6.26 Å². The van der Waals surface area contributed by atoms with E-state index < -0.39 is 7.50 Å². The quantitative estimate of drug-likeness (QED) is 0.616. The molecule has 0 saturated carbocycles. The summed E-state index contributed by atoms with van der Waals surface area (Å²) in [4.78, 5) is 0. The monoisotopic (exact) mass is 286 g/mol. The number of benzene rings is 1. The summed E-state index contributed by atoms with van der Waals surface area (Å²) in [6.45, 7) is 0. The Labute approximate surface area is 118 Å². The summed E-state index contributed by atoms with van der Waals surface area (Å²) in [5.74, 6) is 0. The minimum atomic E-state index is -1.10. The SMILES string of the molecule is ClP1OC=CC23C=CC=CC12C=Cc1ccccc13. The first-order valence-electron chi connectivity index (χ1n) is 6.25. The first-order chi connectivity index (χ1) is 9.29. The van der Waals surface area contributed by atoms with Crippen LogP contribution in [0, 0.1) is 0 Å². The summed E-state index contributed by atoms with van der Waals surface area (Å²) in [5.41, 5.74) is 2.34. The number of halogens is 1. The van der Waals surface area contributed by atoms with Gasteiger partial charge in [0.2, 0.25) is 0 Å². The van der Waals surface area contributed by atoms with Crippen LogP contribution in [-0.4, -0.2) is 5.16 Å². The van der Waals surface area contributed by atoms with Gasteiger partial charge in [-0.05, 0) is 28.4 Å². The van der Waals surface area contributed by atoms with Gasteiger partial charge in [-0.15, -0.1) is 0 Å². The molecule has 3 unspecified atom stereocenters. The van der Waals surface area contributed by atoms with E-state index in [0.29, 0.717) is 0 Å². The Hall–Kier alpha value is -1.30. The molecular formula is C16H12ClOP. The Morgan fingerprint density at radius 2 is 1.84 bits per heavy atom. The van der Waals surface area contributed by atoms with E-state index in [9.17, 15) is 0 Å². The lowest BCUT2D eigenvalue weighted by atomic mass is 9.63. The Morgan fingerprint density at radius 3 is 2.79 bits per heavy atom. The van der Waals surface area contributed by atoms with Crippen molar-refractivity contribution in [2.75, 3.05) is 0 Å². The molecule has 4 rings (SSSR count). The second-order valence-corrected chi connectivity index (χ2v) is 7.35. The Balaban J connectivity index is 2.09. The zero-order chi connectivity index (χ0) is 12.9. The van der Waals surface area contributed by atoms with Gasteiger partial charge in [0, 0.05) is 0 Å². The van der Waals surface area contributed by atoms with Crippen molar-refractivity contribution >= 4 is 24.8 Å². The molecule has 1 aromatic rings. The van der Waals surface area contributed by atoms with Crippen LogP contribution in [0.4, 0.5) is 0 Å². The number of hydrogen-bond acceptors (Lipinski definition) is 1. The highest BCUT2D eigenvalue weighted by molar-refractivity contribution is 7.81. The first kappa shape index (κ1) is 11.5. The van der Waals surface area contributed by atoms with Crippen molar-refractivity contribution in [1.29, 1.82) is 0 Å². The van der Waals surface area contributed by atoms with Crippen LogP contribution >= 0.6 is 18.7 Å². The van der Waals surface area contributed by atoms with Crippen molar-refractivity contribution in [3.63, 3.8) is 0 Å². The van der Waals surface area contributed by atoms with Crippen LogP contribution in [0.15, 0.2) is 67.0 Å². The number of hydrogen-bond donors (Lipinski definition) is 0. The van der Waals surface area contributed by atoms with Gasteiger partial charge in [0.05, 0.1) is 16.8 Å². The van der Waals surface area contributed by atoms with Gasteiger partial charge in [0.1, 0.15) is 0 Å². The molecule has 0 aromatic heterocycles. The third-order valence-corrected chi connectivity index (χ3v) is 6.82. The van der Waals surface area contributed by atoms with Crippen LogP contribution in [0.25, 0.3) is 6.08 Å². The number of allylic oxidation sites excluding steroid dienone is 6. The second-order valence-electron chi connectivity index (χ2n) is 4.99. The summed E-state index contributed by atoms with van der Waals surface area (Å²) in [6.07, 6.45) is 16.9. The van der Waals surface area contributed by atoms with Gasteiger partial charge in [-0.1, -0.05) is 60.7 Å². The molecule has 0 bridgehead atoms. The summed E-state index contributed by atoms with van der Waals surface area (Å²) in [7, 11) is -1.10. The van der Waals surface area contributed by atoms with Crippen molar-refractivity contribution in [2.45, 2.75) is 10.6 Å². The van der Waals surface area contributed by atoms with Gasteiger partial charge in [0.25, 0.3) is 0 Å². The molecule has 19 heavy (non-hydrogen) atoms. The third-order valence-electron chi connectivity index (χ3n) is 4.18. The van der Waals surface area contributed by atoms with Crippen LogP contribution in [0.1, 0.15) is 11.1 Å². The minimum Gasteiger partial charge on any atom is -0.464 e. The lowest BCUT2D eigenvalue weighted by Gasteiger charge is -2.51. The highest BCUT2D eigenvalue weighted by atomic mass is 35.7. The molecule has 1 aliphatic heterocycles. The zero-order valence-electron chi connectivity index (χ0n) is 10.2. The standard InChI is InChI=1S/C16H12ClOP/c17-19-16-9-4-3-8-15(16,11-12-18-19)14-6-2-1-5-13(14)7-10-16/h1-12H. The molecule has 0 fully saturated rings. The van der Waals surface area contributed by atoms with Gasteiger partial charge in [0.15, 0.2) is 7.50 Å². The molecular weight excluding hydrogens is 275 g/mol. The van der Waals surface area contributed by atoms with E-state index in [1.807, 2.05) is 0 Å². The fourth-order valence-electron chi connectivity index (χ4n) is 3.24. The predicted octanol–water partition coefficient (Wildman–Crippen LogP) is 4.91. The molecule has 0 saturated heterocycles. The predicted molar refractivity (Wildman–Crippen MR) is 81.2 cm³/mol. The molecule has 0 spiro atoms. The molecule has 1 aromatic carbocycles. The molecule has 0 N–H and O–H groups in total. The zero-order valence-corrected chi connectivity index (χ0v) is 11.8. The second kappa shape index (κ2) is 3.85. The topological polar surface area (TPSA) is 9.23 Å². The van der Waals surface area contributed by atoms with E-state index in [-0.39, 0.29) is 10.6 Å². The fourth-order valence-corrected chi connectivity index (χ4v) is 5.43. The molecule has 0 amide bonds. The van der Waals surface area contributed by atoms with Crippen LogP contribution in [0.5, 0.6) is 0 Å². The Kier molecular flexibility index (Phi) is 2.33. The van der Waals surface area contributed by atoms with Gasteiger partial charge in [-0.25, -0.2) is 0 Å². The van der Waals surface area contributed by atoms with Gasteiger partial charge < -0.3 is 4.52 Å². The third kappa shape index (κ3) is 1.30. The molecule has 3 heteroatoms. The van der Waals surface area contributed by atoms with Crippen LogP contribution in [0.3, 0.4) is 0 Å². The maximum atomic E-state index is 6.57. The molecule has 1 heterocycles. The van der Waals surface area contributed by atoms with Crippen LogP contribution in [-0.2, 0) is 9.94 Å². The van der Waals surface area contributed by atoms with Crippen LogP contribution in [0.2, 0.25) is 0 Å². The molecule has 1 nitrogen and oxygen atoms in total. The highest BCUT2D eigenvalue weighted by Crippen LogP contribution is 2.69. The molecule has 94 valence electrons. The largest absolute Gasteiger partial charge is 0.464 e. The summed E-state index contributed by atoms with van der Waals surface area (Å²) < 4.78 is 5.63. The first-order valence-corrected chi connectivity index (χ1v) is 8.41. The smallest absolute Gasteiger partial charge is 0.197 e. The summed E-state index contributed by atoms with van der Waals surface area (Å²) in [5, 5.41) is -0.276. The average molecular weight is 287 g/mol. The van der Waals surface area contributed by atoms with Crippen molar-refractivity contribution in [3.8, 4) is 0 Å².